The normalized spacial score (nSPS) is 18.5. The van der Waals surface area contributed by atoms with Crippen molar-refractivity contribution < 1.29 is 22.8 Å². The Labute approximate surface area is 151 Å². The summed E-state index contributed by atoms with van der Waals surface area (Å²) < 4.78 is 38.5. The van der Waals surface area contributed by atoms with Gasteiger partial charge in [0.15, 0.2) is 0 Å². The van der Waals surface area contributed by atoms with Gasteiger partial charge in [0.2, 0.25) is 11.8 Å². The third kappa shape index (κ3) is 4.37. The molecule has 2 rings (SSSR count). The largest absolute Gasteiger partial charge is 0.416 e. The van der Waals surface area contributed by atoms with E-state index >= 15 is 0 Å². The van der Waals surface area contributed by atoms with Crippen LogP contribution in [-0.2, 0) is 15.8 Å². The average Bonchev–Trinajstić information content (AvgIpc) is 2.60. The lowest BCUT2D eigenvalue weighted by Crippen LogP contribution is -2.52. The molecule has 0 aliphatic carbocycles. The number of alkyl halides is 3. The molecule has 4 nitrogen and oxygen atoms in total. The summed E-state index contributed by atoms with van der Waals surface area (Å²) in [6.07, 6.45) is -0.814. The Hall–Kier alpha value is -2.05. The third-order valence-corrected chi connectivity index (χ3v) is 4.91. The summed E-state index contributed by atoms with van der Waals surface area (Å²) in [5.41, 5.74) is -2.18. The zero-order valence-electron chi connectivity index (χ0n) is 15.3. The van der Waals surface area contributed by atoms with Crippen LogP contribution < -0.4 is 5.32 Å². The first-order chi connectivity index (χ1) is 12.1. The molecule has 1 N–H and O–H groups in total. The molecule has 1 aromatic carbocycles. The molecule has 0 bridgehead atoms. The number of carbonyl (C=O) groups is 2. The lowest BCUT2D eigenvalue weighted by Gasteiger charge is -2.39. The Morgan fingerprint density at radius 2 is 1.92 bits per heavy atom. The Kier molecular flexibility index (Phi) is 5.98. The van der Waals surface area contributed by atoms with Crippen molar-refractivity contribution in [1.82, 2.24) is 4.90 Å². The zero-order valence-corrected chi connectivity index (χ0v) is 15.3. The molecule has 2 amide bonds. The fourth-order valence-corrected chi connectivity index (χ4v) is 3.21. The summed E-state index contributed by atoms with van der Waals surface area (Å²) in [6.45, 7) is 5.64. The quantitative estimate of drug-likeness (QED) is 0.796. The van der Waals surface area contributed by atoms with Gasteiger partial charge in [-0.15, -0.1) is 0 Å². The van der Waals surface area contributed by atoms with Crippen molar-refractivity contribution in [1.29, 1.82) is 0 Å². The number of hydrogen-bond donors (Lipinski definition) is 1. The van der Waals surface area contributed by atoms with Crippen LogP contribution in [0.2, 0.25) is 0 Å². The number of hydrogen-bond acceptors (Lipinski definition) is 2. The number of benzene rings is 1. The molecule has 1 fully saturated rings. The number of rotatable bonds is 4. The van der Waals surface area contributed by atoms with E-state index in [-0.39, 0.29) is 17.6 Å². The standard InChI is InChI=1S/C19H25F3N2O2/c1-4-15-10-5-6-11-24(15)17(26)18(2,3)16(25)23-14-9-7-8-13(12-14)19(20,21)22/h7-9,12,15H,4-6,10-11H2,1-3H3,(H,23,25). The van der Waals surface area contributed by atoms with Gasteiger partial charge in [-0.1, -0.05) is 13.0 Å². The maximum Gasteiger partial charge on any atom is 0.416 e. The Balaban J connectivity index is 2.15. The van der Waals surface area contributed by atoms with Crippen LogP contribution in [0.15, 0.2) is 24.3 Å². The second kappa shape index (κ2) is 7.68. The monoisotopic (exact) mass is 370 g/mol. The molecule has 7 heteroatoms. The van der Waals surface area contributed by atoms with E-state index in [0.717, 1.165) is 37.8 Å². The predicted molar refractivity (Wildman–Crippen MR) is 93.5 cm³/mol. The molecule has 1 atom stereocenters. The maximum absolute atomic E-state index is 12.9. The van der Waals surface area contributed by atoms with Crippen LogP contribution in [0, 0.1) is 5.41 Å². The lowest BCUT2D eigenvalue weighted by molar-refractivity contribution is -0.149. The van der Waals surface area contributed by atoms with Gasteiger partial charge in [-0.3, -0.25) is 9.59 Å². The number of likely N-dealkylation sites (tertiary alicyclic amines) is 1. The van der Waals surface area contributed by atoms with E-state index in [1.165, 1.54) is 26.0 Å². The van der Waals surface area contributed by atoms with E-state index in [1.54, 1.807) is 4.90 Å². The van der Waals surface area contributed by atoms with Crippen LogP contribution in [0.4, 0.5) is 18.9 Å². The van der Waals surface area contributed by atoms with E-state index in [1.807, 2.05) is 6.92 Å². The topological polar surface area (TPSA) is 49.4 Å². The first-order valence-corrected chi connectivity index (χ1v) is 8.87. The molecule has 144 valence electrons. The summed E-state index contributed by atoms with van der Waals surface area (Å²) >= 11 is 0. The highest BCUT2D eigenvalue weighted by molar-refractivity contribution is 6.10. The fourth-order valence-electron chi connectivity index (χ4n) is 3.21. The lowest BCUT2D eigenvalue weighted by atomic mass is 9.87. The van der Waals surface area contributed by atoms with Gasteiger partial charge in [0.25, 0.3) is 0 Å². The molecule has 1 aromatic rings. The van der Waals surface area contributed by atoms with Gasteiger partial charge in [-0.05, 0) is 57.7 Å². The third-order valence-electron chi connectivity index (χ3n) is 4.91. The number of nitrogens with one attached hydrogen (secondary N) is 1. The summed E-state index contributed by atoms with van der Waals surface area (Å²) in [4.78, 5) is 27.3. The second-order valence-corrected chi connectivity index (χ2v) is 7.21. The Bertz CT molecular complexity index is 671. The molecule has 0 saturated carbocycles. The number of halogens is 3. The zero-order chi connectivity index (χ0) is 19.5. The van der Waals surface area contributed by atoms with E-state index in [9.17, 15) is 22.8 Å². The van der Waals surface area contributed by atoms with Crippen LogP contribution in [0.5, 0.6) is 0 Å². The summed E-state index contributed by atoms with van der Waals surface area (Å²) in [5.74, 6) is -0.893. The molecule has 1 unspecified atom stereocenters. The van der Waals surface area contributed by atoms with Crippen LogP contribution in [-0.4, -0.2) is 29.3 Å². The molecule has 1 aliphatic heterocycles. The first-order valence-electron chi connectivity index (χ1n) is 8.87. The molecule has 0 aromatic heterocycles. The number of carbonyl (C=O) groups excluding carboxylic acids is 2. The van der Waals surface area contributed by atoms with E-state index < -0.39 is 23.1 Å². The molecular weight excluding hydrogens is 345 g/mol. The SMILES string of the molecule is CCC1CCCCN1C(=O)C(C)(C)C(=O)Nc1cccc(C(F)(F)F)c1. The molecule has 1 saturated heterocycles. The number of amides is 2. The highest BCUT2D eigenvalue weighted by Crippen LogP contribution is 2.32. The van der Waals surface area contributed by atoms with E-state index in [4.69, 9.17) is 0 Å². The van der Waals surface area contributed by atoms with E-state index in [0.29, 0.717) is 6.54 Å². The Morgan fingerprint density at radius 3 is 2.54 bits per heavy atom. The average molecular weight is 370 g/mol. The van der Waals surface area contributed by atoms with Crippen LogP contribution in [0.1, 0.15) is 52.0 Å². The van der Waals surface area contributed by atoms with Crippen molar-refractivity contribution in [2.24, 2.45) is 5.41 Å². The number of anilines is 1. The number of piperidine rings is 1. The summed E-state index contributed by atoms with van der Waals surface area (Å²) in [5, 5.41) is 2.46. The van der Waals surface area contributed by atoms with Gasteiger partial charge >= 0.3 is 6.18 Å². The minimum absolute atomic E-state index is 0.0244. The van der Waals surface area contributed by atoms with Crippen LogP contribution in [0.3, 0.4) is 0 Å². The van der Waals surface area contributed by atoms with Crippen LogP contribution in [0.25, 0.3) is 0 Å². The molecule has 26 heavy (non-hydrogen) atoms. The minimum Gasteiger partial charge on any atom is -0.339 e. The van der Waals surface area contributed by atoms with E-state index in [2.05, 4.69) is 5.32 Å². The van der Waals surface area contributed by atoms with Crippen molar-refractivity contribution in [2.45, 2.75) is 58.7 Å². The van der Waals surface area contributed by atoms with Crippen molar-refractivity contribution in [3.8, 4) is 0 Å². The van der Waals surface area contributed by atoms with Crippen LogP contribution >= 0.6 is 0 Å². The maximum atomic E-state index is 12.9. The summed E-state index contributed by atoms with van der Waals surface area (Å²) in [7, 11) is 0. The van der Waals surface area contributed by atoms with Crippen molar-refractivity contribution in [3.63, 3.8) is 0 Å². The summed E-state index contributed by atoms with van der Waals surface area (Å²) in [6, 6.07) is 4.52. The van der Waals surface area contributed by atoms with Gasteiger partial charge in [0, 0.05) is 18.3 Å². The van der Waals surface area contributed by atoms with Gasteiger partial charge in [-0.2, -0.15) is 13.2 Å². The minimum atomic E-state index is -4.49. The molecular formula is C19H25F3N2O2. The van der Waals surface area contributed by atoms with Crippen molar-refractivity contribution in [3.05, 3.63) is 29.8 Å². The predicted octanol–water partition coefficient (Wildman–Crippen LogP) is 4.46. The smallest absolute Gasteiger partial charge is 0.339 e. The van der Waals surface area contributed by atoms with Crippen molar-refractivity contribution >= 4 is 17.5 Å². The highest BCUT2D eigenvalue weighted by Gasteiger charge is 2.41. The molecule has 1 aliphatic rings. The fraction of sp³-hybridized carbons (Fsp3) is 0.579. The number of nitrogens with zero attached hydrogens (tertiary/aromatic N) is 1. The van der Waals surface area contributed by atoms with Crippen molar-refractivity contribution in [2.75, 3.05) is 11.9 Å². The highest BCUT2D eigenvalue weighted by atomic mass is 19.4. The van der Waals surface area contributed by atoms with Gasteiger partial charge in [0.05, 0.1) is 5.56 Å². The first kappa shape index (κ1) is 20.3. The second-order valence-electron chi connectivity index (χ2n) is 7.21. The van der Waals surface area contributed by atoms with Gasteiger partial charge in [-0.25, -0.2) is 0 Å². The van der Waals surface area contributed by atoms with Gasteiger partial charge in [0.1, 0.15) is 5.41 Å². The Morgan fingerprint density at radius 1 is 1.23 bits per heavy atom. The molecule has 0 radical (unpaired) electrons. The van der Waals surface area contributed by atoms with Gasteiger partial charge < -0.3 is 10.2 Å². The molecule has 1 heterocycles. The molecule has 0 spiro atoms.